The zero-order chi connectivity index (χ0) is 19.6. The minimum atomic E-state index is 0.0401. The van der Waals surface area contributed by atoms with E-state index < -0.39 is 0 Å². The Hall–Kier alpha value is -1.79. The van der Waals surface area contributed by atoms with Gasteiger partial charge in [0.15, 0.2) is 11.5 Å². The Morgan fingerprint density at radius 3 is 2.70 bits per heavy atom. The molecule has 2 rings (SSSR count). The van der Waals surface area contributed by atoms with E-state index in [9.17, 15) is 4.79 Å². The number of ether oxygens (including phenoxy) is 2. The van der Waals surface area contributed by atoms with Gasteiger partial charge in [0.05, 0.1) is 7.11 Å². The summed E-state index contributed by atoms with van der Waals surface area (Å²) in [6.07, 6.45) is 3.78. The number of benzene rings is 1. The average molecular weight is 378 g/mol. The van der Waals surface area contributed by atoms with E-state index in [4.69, 9.17) is 15.2 Å². The average Bonchev–Trinajstić information content (AvgIpc) is 2.69. The van der Waals surface area contributed by atoms with Crippen molar-refractivity contribution in [2.45, 2.75) is 52.1 Å². The first-order valence-corrected chi connectivity index (χ1v) is 10.1. The van der Waals surface area contributed by atoms with Gasteiger partial charge in [0.2, 0.25) is 5.91 Å². The van der Waals surface area contributed by atoms with E-state index in [1.807, 2.05) is 18.2 Å². The van der Waals surface area contributed by atoms with Crippen LogP contribution >= 0.6 is 0 Å². The van der Waals surface area contributed by atoms with Crippen molar-refractivity contribution in [3.05, 3.63) is 23.8 Å². The molecule has 27 heavy (non-hydrogen) atoms. The maximum atomic E-state index is 12.4. The van der Waals surface area contributed by atoms with E-state index in [0.717, 1.165) is 56.6 Å². The van der Waals surface area contributed by atoms with Crippen LogP contribution in [-0.4, -0.2) is 50.2 Å². The Bertz CT molecular complexity index is 590. The number of methoxy groups -OCH3 is 1. The van der Waals surface area contributed by atoms with Crippen LogP contribution in [0.3, 0.4) is 0 Å². The van der Waals surface area contributed by atoms with Crippen LogP contribution in [0.2, 0.25) is 0 Å². The standard InChI is InChI=1S/C21H35N3O3/c1-4-24(5-2)11-12-27-19-10-9-16(13-20(19)26-3)15-23-21(25)17-7-6-8-18(22)14-17/h9-10,13,17-18H,4-8,11-12,14-15,22H2,1-3H3,(H,23,25). The van der Waals surface area contributed by atoms with E-state index >= 15 is 0 Å². The second kappa shape index (κ2) is 11.1. The number of hydrogen-bond acceptors (Lipinski definition) is 5. The summed E-state index contributed by atoms with van der Waals surface area (Å²) in [5, 5.41) is 3.04. The Morgan fingerprint density at radius 1 is 1.26 bits per heavy atom. The molecule has 0 bridgehead atoms. The fourth-order valence-corrected chi connectivity index (χ4v) is 3.56. The number of nitrogens with one attached hydrogen (secondary N) is 1. The van der Waals surface area contributed by atoms with Crippen molar-refractivity contribution in [3.8, 4) is 11.5 Å². The normalized spacial score (nSPS) is 19.7. The second-order valence-corrected chi connectivity index (χ2v) is 7.20. The molecule has 0 aromatic heterocycles. The van der Waals surface area contributed by atoms with Crippen LogP contribution in [0.5, 0.6) is 11.5 Å². The van der Waals surface area contributed by atoms with Gasteiger partial charge in [0.25, 0.3) is 0 Å². The summed E-state index contributed by atoms with van der Waals surface area (Å²) in [7, 11) is 1.64. The smallest absolute Gasteiger partial charge is 0.223 e. The quantitative estimate of drug-likeness (QED) is 0.655. The number of nitrogens with zero attached hydrogens (tertiary/aromatic N) is 1. The van der Waals surface area contributed by atoms with Crippen LogP contribution in [0.15, 0.2) is 18.2 Å². The number of carbonyl (C=O) groups excluding carboxylic acids is 1. The van der Waals surface area contributed by atoms with Gasteiger partial charge >= 0.3 is 0 Å². The molecule has 1 saturated carbocycles. The molecule has 1 aliphatic carbocycles. The van der Waals surface area contributed by atoms with Gasteiger partial charge in [-0.25, -0.2) is 0 Å². The molecule has 152 valence electrons. The molecule has 1 aromatic rings. The lowest BCUT2D eigenvalue weighted by Gasteiger charge is -2.25. The number of nitrogens with two attached hydrogens (primary N) is 1. The third kappa shape index (κ3) is 6.70. The summed E-state index contributed by atoms with van der Waals surface area (Å²) in [6.45, 7) is 8.32. The molecule has 6 heteroatoms. The molecule has 2 atom stereocenters. The van der Waals surface area contributed by atoms with Crippen LogP contribution in [0.1, 0.15) is 45.1 Å². The molecule has 2 unspecified atom stereocenters. The van der Waals surface area contributed by atoms with Crippen molar-refractivity contribution in [1.82, 2.24) is 10.2 Å². The predicted octanol–water partition coefficient (Wildman–Crippen LogP) is 2.55. The van der Waals surface area contributed by atoms with Crippen LogP contribution in [0, 0.1) is 5.92 Å². The van der Waals surface area contributed by atoms with Crippen molar-refractivity contribution in [2.24, 2.45) is 11.7 Å². The molecule has 0 saturated heterocycles. The van der Waals surface area contributed by atoms with Crippen LogP contribution < -0.4 is 20.5 Å². The van der Waals surface area contributed by atoms with Gasteiger partial charge < -0.3 is 25.4 Å². The van der Waals surface area contributed by atoms with E-state index in [1.54, 1.807) is 7.11 Å². The van der Waals surface area contributed by atoms with E-state index in [1.165, 1.54) is 0 Å². The van der Waals surface area contributed by atoms with Gasteiger partial charge in [-0.15, -0.1) is 0 Å². The maximum Gasteiger partial charge on any atom is 0.223 e. The van der Waals surface area contributed by atoms with Gasteiger partial charge in [-0.05, 0) is 50.0 Å². The van der Waals surface area contributed by atoms with Crippen molar-refractivity contribution < 1.29 is 14.3 Å². The largest absolute Gasteiger partial charge is 0.493 e. The number of rotatable bonds is 10. The maximum absolute atomic E-state index is 12.4. The summed E-state index contributed by atoms with van der Waals surface area (Å²) in [4.78, 5) is 14.7. The predicted molar refractivity (Wildman–Crippen MR) is 108 cm³/mol. The van der Waals surface area contributed by atoms with Crippen LogP contribution in [-0.2, 0) is 11.3 Å². The summed E-state index contributed by atoms with van der Waals surface area (Å²) >= 11 is 0. The molecule has 1 aliphatic rings. The summed E-state index contributed by atoms with van der Waals surface area (Å²) in [6, 6.07) is 5.98. The van der Waals surface area contributed by atoms with E-state index in [2.05, 4.69) is 24.1 Å². The summed E-state index contributed by atoms with van der Waals surface area (Å²) in [5.74, 6) is 1.57. The molecule has 6 nitrogen and oxygen atoms in total. The topological polar surface area (TPSA) is 76.8 Å². The third-order valence-corrected chi connectivity index (χ3v) is 5.34. The highest BCUT2D eigenvalue weighted by Gasteiger charge is 2.25. The van der Waals surface area contributed by atoms with Gasteiger partial charge in [0.1, 0.15) is 6.61 Å². The van der Waals surface area contributed by atoms with Gasteiger partial charge in [-0.3, -0.25) is 4.79 Å². The van der Waals surface area contributed by atoms with Crippen molar-refractivity contribution in [2.75, 3.05) is 33.4 Å². The van der Waals surface area contributed by atoms with Gasteiger partial charge in [0, 0.05) is 25.0 Å². The summed E-state index contributed by atoms with van der Waals surface area (Å²) in [5.41, 5.74) is 6.98. The Kier molecular flexibility index (Phi) is 8.88. The molecular formula is C21H35N3O3. The Labute approximate surface area is 163 Å². The fourth-order valence-electron chi connectivity index (χ4n) is 3.56. The SMILES string of the molecule is CCN(CC)CCOc1ccc(CNC(=O)C2CCCC(N)C2)cc1OC. The Balaban J connectivity index is 1.86. The molecule has 0 radical (unpaired) electrons. The molecule has 0 spiro atoms. The Morgan fingerprint density at radius 2 is 2.04 bits per heavy atom. The molecule has 0 aliphatic heterocycles. The lowest BCUT2D eigenvalue weighted by Crippen LogP contribution is -2.37. The molecule has 1 aromatic carbocycles. The lowest BCUT2D eigenvalue weighted by molar-refractivity contribution is -0.126. The number of amides is 1. The molecule has 0 heterocycles. The first-order chi connectivity index (χ1) is 13.1. The minimum Gasteiger partial charge on any atom is -0.493 e. The van der Waals surface area contributed by atoms with Crippen LogP contribution in [0.4, 0.5) is 0 Å². The first-order valence-electron chi connectivity index (χ1n) is 10.1. The molecule has 1 fully saturated rings. The molecular weight excluding hydrogens is 342 g/mol. The fraction of sp³-hybridized carbons (Fsp3) is 0.667. The van der Waals surface area contributed by atoms with Crippen molar-refractivity contribution in [1.29, 1.82) is 0 Å². The number of carbonyl (C=O) groups is 1. The van der Waals surface area contributed by atoms with Crippen molar-refractivity contribution in [3.63, 3.8) is 0 Å². The first kappa shape index (κ1) is 21.5. The molecule has 1 amide bonds. The van der Waals surface area contributed by atoms with E-state index in [0.29, 0.717) is 18.9 Å². The monoisotopic (exact) mass is 377 g/mol. The zero-order valence-electron chi connectivity index (χ0n) is 17.0. The highest BCUT2D eigenvalue weighted by atomic mass is 16.5. The highest BCUT2D eigenvalue weighted by molar-refractivity contribution is 5.78. The van der Waals surface area contributed by atoms with Gasteiger partial charge in [-0.1, -0.05) is 26.3 Å². The highest BCUT2D eigenvalue weighted by Crippen LogP contribution is 2.28. The summed E-state index contributed by atoms with van der Waals surface area (Å²) < 4.78 is 11.3. The number of hydrogen-bond donors (Lipinski definition) is 2. The zero-order valence-corrected chi connectivity index (χ0v) is 17.0. The second-order valence-electron chi connectivity index (χ2n) is 7.20. The van der Waals surface area contributed by atoms with Crippen LogP contribution in [0.25, 0.3) is 0 Å². The van der Waals surface area contributed by atoms with Crippen molar-refractivity contribution >= 4 is 5.91 Å². The van der Waals surface area contributed by atoms with E-state index in [-0.39, 0.29) is 17.9 Å². The lowest BCUT2D eigenvalue weighted by atomic mass is 9.85. The number of likely N-dealkylation sites (N-methyl/N-ethyl adjacent to an activating group) is 1. The third-order valence-electron chi connectivity index (χ3n) is 5.34. The molecule has 3 N–H and O–H groups in total. The van der Waals surface area contributed by atoms with Gasteiger partial charge in [-0.2, -0.15) is 0 Å². The minimum absolute atomic E-state index is 0.0401.